The lowest BCUT2D eigenvalue weighted by atomic mass is 10.1. The van der Waals surface area contributed by atoms with Crippen molar-refractivity contribution in [2.24, 2.45) is 0 Å². The minimum absolute atomic E-state index is 0.0938. The van der Waals surface area contributed by atoms with Gasteiger partial charge in [0.15, 0.2) is 11.5 Å². The topological polar surface area (TPSA) is 79.9 Å². The molecule has 2 N–H and O–H groups in total. The van der Waals surface area contributed by atoms with Crippen LogP contribution in [0.4, 0.5) is 5.69 Å². The van der Waals surface area contributed by atoms with E-state index in [2.05, 4.69) is 29.7 Å². The summed E-state index contributed by atoms with van der Waals surface area (Å²) in [6.07, 6.45) is 0.987. The van der Waals surface area contributed by atoms with Gasteiger partial charge >= 0.3 is 0 Å². The van der Waals surface area contributed by atoms with Gasteiger partial charge in [-0.15, -0.1) is 0 Å². The normalized spacial score (nSPS) is 13.5. The van der Waals surface area contributed by atoms with E-state index in [0.29, 0.717) is 36.9 Å². The number of hydrogen-bond donors (Lipinski definition) is 2. The fourth-order valence-electron chi connectivity index (χ4n) is 3.42. The number of likely N-dealkylation sites (N-methyl/N-ethyl adjacent to an activating group) is 1. The average Bonchev–Trinajstić information content (AvgIpc) is 2.78. The largest absolute Gasteiger partial charge is 0.486 e. The van der Waals surface area contributed by atoms with Gasteiger partial charge in [0.2, 0.25) is 11.8 Å². The fraction of sp³-hybridized carbons (Fsp3) is 0.417. The lowest BCUT2D eigenvalue weighted by Crippen LogP contribution is -2.41. The van der Waals surface area contributed by atoms with E-state index in [4.69, 9.17) is 9.47 Å². The third kappa shape index (κ3) is 6.46. The van der Waals surface area contributed by atoms with E-state index in [0.717, 1.165) is 12.0 Å². The summed E-state index contributed by atoms with van der Waals surface area (Å²) in [4.78, 5) is 26.8. The smallest absolute Gasteiger partial charge is 0.238 e. The molecule has 7 nitrogen and oxygen atoms in total. The number of nitrogens with one attached hydrogen (secondary N) is 2. The minimum Gasteiger partial charge on any atom is -0.486 e. The molecule has 1 atom stereocenters. The number of aryl methyl sites for hydroxylation is 1. The summed E-state index contributed by atoms with van der Waals surface area (Å²) in [6, 6.07) is 13.5. The molecule has 1 heterocycles. The molecule has 0 bridgehead atoms. The summed E-state index contributed by atoms with van der Waals surface area (Å²) in [7, 11) is 0. The molecule has 31 heavy (non-hydrogen) atoms. The van der Waals surface area contributed by atoms with Crippen molar-refractivity contribution in [2.45, 2.75) is 33.2 Å². The molecular formula is C24H31N3O4. The molecule has 0 aliphatic carbocycles. The monoisotopic (exact) mass is 425 g/mol. The van der Waals surface area contributed by atoms with Crippen LogP contribution in [0, 0.1) is 0 Å². The Morgan fingerprint density at radius 3 is 2.32 bits per heavy atom. The molecule has 166 valence electrons. The zero-order chi connectivity index (χ0) is 22.2. The first-order valence-electron chi connectivity index (χ1n) is 10.8. The summed E-state index contributed by atoms with van der Waals surface area (Å²) < 4.78 is 11.0. The van der Waals surface area contributed by atoms with Crippen LogP contribution in [0.25, 0.3) is 0 Å². The van der Waals surface area contributed by atoms with Crippen molar-refractivity contribution in [3.05, 3.63) is 53.6 Å². The van der Waals surface area contributed by atoms with Gasteiger partial charge in [-0.3, -0.25) is 14.5 Å². The highest BCUT2D eigenvalue weighted by Crippen LogP contribution is 2.32. The molecule has 3 rings (SSSR count). The highest BCUT2D eigenvalue weighted by molar-refractivity contribution is 5.93. The third-order valence-electron chi connectivity index (χ3n) is 5.27. The highest BCUT2D eigenvalue weighted by Gasteiger charge is 2.17. The lowest BCUT2D eigenvalue weighted by molar-refractivity contribution is -0.123. The van der Waals surface area contributed by atoms with Crippen LogP contribution in [0.2, 0.25) is 0 Å². The second-order valence-corrected chi connectivity index (χ2v) is 7.59. The number of amides is 2. The van der Waals surface area contributed by atoms with E-state index >= 15 is 0 Å². The minimum atomic E-state index is -0.186. The molecule has 0 aromatic heterocycles. The predicted molar refractivity (Wildman–Crippen MR) is 121 cm³/mol. The Hall–Kier alpha value is -3.06. The molecule has 0 fully saturated rings. The average molecular weight is 426 g/mol. The second-order valence-electron chi connectivity index (χ2n) is 7.59. The zero-order valence-electron chi connectivity index (χ0n) is 18.4. The quantitative estimate of drug-likeness (QED) is 0.645. The number of carbonyl (C=O) groups is 2. The Morgan fingerprint density at radius 1 is 0.968 bits per heavy atom. The first-order chi connectivity index (χ1) is 15.0. The number of hydrogen-bond acceptors (Lipinski definition) is 5. The van der Waals surface area contributed by atoms with E-state index in [9.17, 15) is 9.59 Å². The number of anilines is 1. The van der Waals surface area contributed by atoms with Crippen LogP contribution < -0.4 is 20.1 Å². The fourth-order valence-corrected chi connectivity index (χ4v) is 3.42. The molecule has 2 amide bonds. The van der Waals surface area contributed by atoms with Crippen LogP contribution in [0.1, 0.15) is 37.9 Å². The Labute approximate surface area is 183 Å². The second kappa shape index (κ2) is 10.8. The molecule has 0 saturated heterocycles. The van der Waals surface area contributed by atoms with Crippen LogP contribution in [0.5, 0.6) is 11.5 Å². The van der Waals surface area contributed by atoms with Crippen LogP contribution in [-0.4, -0.2) is 49.6 Å². The van der Waals surface area contributed by atoms with E-state index < -0.39 is 0 Å². The van der Waals surface area contributed by atoms with Gasteiger partial charge in [0.05, 0.1) is 19.1 Å². The molecule has 0 saturated carbocycles. The standard InChI is InChI=1S/C24H31N3O4/c1-4-18-6-8-19(9-7-18)17(3)25-23(28)15-27(5-2)16-24(29)26-20-10-11-21-22(14-20)31-13-12-30-21/h6-11,14,17H,4-5,12-13,15-16H2,1-3H3,(H,25,28)(H,26,29). The van der Waals surface area contributed by atoms with Crippen molar-refractivity contribution in [3.63, 3.8) is 0 Å². The van der Waals surface area contributed by atoms with Crippen molar-refractivity contribution in [1.29, 1.82) is 0 Å². The lowest BCUT2D eigenvalue weighted by Gasteiger charge is -2.22. The van der Waals surface area contributed by atoms with Gasteiger partial charge in [0, 0.05) is 11.8 Å². The predicted octanol–water partition coefficient (Wildman–Crippen LogP) is 3.16. The van der Waals surface area contributed by atoms with Crippen LogP contribution in [-0.2, 0) is 16.0 Å². The van der Waals surface area contributed by atoms with Crippen LogP contribution >= 0.6 is 0 Å². The Kier molecular flexibility index (Phi) is 7.89. The summed E-state index contributed by atoms with van der Waals surface area (Å²) in [5.41, 5.74) is 2.97. The first kappa shape index (κ1) is 22.6. The SMILES string of the molecule is CCc1ccc(C(C)NC(=O)CN(CC)CC(=O)Nc2ccc3c(c2)OCCO3)cc1. The van der Waals surface area contributed by atoms with Gasteiger partial charge < -0.3 is 20.1 Å². The molecule has 1 aliphatic heterocycles. The first-order valence-corrected chi connectivity index (χ1v) is 10.8. The molecule has 1 unspecified atom stereocenters. The van der Waals surface area contributed by atoms with Gasteiger partial charge in [-0.2, -0.15) is 0 Å². The van der Waals surface area contributed by atoms with Gasteiger partial charge in [-0.05, 0) is 43.1 Å². The molecule has 2 aromatic rings. The maximum Gasteiger partial charge on any atom is 0.238 e. The Bertz CT molecular complexity index is 898. The van der Waals surface area contributed by atoms with Gasteiger partial charge in [0.25, 0.3) is 0 Å². The molecule has 0 radical (unpaired) electrons. The van der Waals surface area contributed by atoms with E-state index in [1.165, 1.54) is 5.56 Å². The number of ether oxygens (including phenoxy) is 2. The number of nitrogens with zero attached hydrogens (tertiary/aromatic N) is 1. The maximum atomic E-state index is 12.5. The Morgan fingerprint density at radius 2 is 1.65 bits per heavy atom. The Balaban J connectivity index is 1.49. The van der Waals surface area contributed by atoms with Crippen LogP contribution in [0.15, 0.2) is 42.5 Å². The van der Waals surface area contributed by atoms with Crippen molar-refractivity contribution < 1.29 is 19.1 Å². The summed E-state index contributed by atoms with van der Waals surface area (Å²) in [6.45, 7) is 7.88. The van der Waals surface area contributed by atoms with E-state index in [1.807, 2.05) is 26.0 Å². The number of fused-ring (bicyclic) bond motifs is 1. The summed E-state index contributed by atoms with van der Waals surface area (Å²) >= 11 is 0. The number of benzene rings is 2. The molecule has 7 heteroatoms. The van der Waals surface area contributed by atoms with E-state index in [-0.39, 0.29) is 30.9 Å². The van der Waals surface area contributed by atoms with Gasteiger partial charge in [0.1, 0.15) is 13.2 Å². The van der Waals surface area contributed by atoms with Crippen molar-refractivity contribution in [3.8, 4) is 11.5 Å². The van der Waals surface area contributed by atoms with Gasteiger partial charge in [-0.1, -0.05) is 38.1 Å². The zero-order valence-corrected chi connectivity index (χ0v) is 18.4. The van der Waals surface area contributed by atoms with E-state index in [1.54, 1.807) is 23.1 Å². The van der Waals surface area contributed by atoms with Gasteiger partial charge in [-0.25, -0.2) is 0 Å². The molecular weight excluding hydrogens is 394 g/mol. The maximum absolute atomic E-state index is 12.5. The van der Waals surface area contributed by atoms with Crippen LogP contribution in [0.3, 0.4) is 0 Å². The van der Waals surface area contributed by atoms with Crippen molar-refractivity contribution in [1.82, 2.24) is 10.2 Å². The molecule has 1 aliphatic rings. The third-order valence-corrected chi connectivity index (χ3v) is 5.27. The number of carbonyl (C=O) groups excluding carboxylic acids is 2. The molecule has 0 spiro atoms. The number of rotatable bonds is 9. The summed E-state index contributed by atoms with van der Waals surface area (Å²) in [5.74, 6) is 1.00. The molecule has 2 aromatic carbocycles. The summed E-state index contributed by atoms with van der Waals surface area (Å²) in [5, 5.41) is 5.87. The highest BCUT2D eigenvalue weighted by atomic mass is 16.6. The van der Waals surface area contributed by atoms with Crippen molar-refractivity contribution in [2.75, 3.05) is 38.2 Å². The van der Waals surface area contributed by atoms with Crippen molar-refractivity contribution >= 4 is 17.5 Å².